The molecule has 0 aromatic heterocycles. The van der Waals surface area contributed by atoms with Gasteiger partial charge in [0.1, 0.15) is 0 Å². The standard InChI is InChI=1S/C17H17N/c1-5-17(13-18-4)15(3)14(2)11-12-16-9-7-6-8-10-16/h1,6-13H,2H2,3-4H3/b12-11+,17-15-,18-13?. The topological polar surface area (TPSA) is 12.4 Å². The van der Waals surface area contributed by atoms with Crippen molar-refractivity contribution < 1.29 is 0 Å². The Morgan fingerprint density at radius 2 is 2.00 bits per heavy atom. The first-order valence-corrected chi connectivity index (χ1v) is 5.71. The third-order valence-corrected chi connectivity index (χ3v) is 2.58. The lowest BCUT2D eigenvalue weighted by atomic mass is 10.0. The molecule has 0 radical (unpaired) electrons. The van der Waals surface area contributed by atoms with E-state index in [1.165, 1.54) is 0 Å². The Hall–Kier alpha value is -2.33. The first kappa shape index (κ1) is 13.7. The van der Waals surface area contributed by atoms with E-state index in [0.29, 0.717) is 0 Å². The van der Waals surface area contributed by atoms with Gasteiger partial charge >= 0.3 is 0 Å². The highest BCUT2D eigenvalue weighted by molar-refractivity contribution is 5.87. The SMILES string of the molecule is C#C/C(C=NC)=C(\C)C(=C)/C=C/c1ccccc1. The zero-order valence-corrected chi connectivity index (χ0v) is 10.9. The van der Waals surface area contributed by atoms with Gasteiger partial charge in [-0.25, -0.2) is 0 Å². The Kier molecular flexibility index (Phi) is 5.41. The number of benzene rings is 1. The number of terminal acetylenes is 1. The van der Waals surface area contributed by atoms with Crippen LogP contribution in [0.2, 0.25) is 0 Å². The Balaban J connectivity index is 2.90. The molecule has 0 unspecified atom stereocenters. The number of allylic oxidation sites excluding steroid dienone is 4. The fourth-order valence-electron chi connectivity index (χ4n) is 1.43. The van der Waals surface area contributed by atoms with Gasteiger partial charge in [0.05, 0.1) is 0 Å². The molecule has 0 N–H and O–H groups in total. The Bertz CT molecular complexity index is 537. The van der Waals surface area contributed by atoms with Crippen molar-refractivity contribution >= 4 is 12.3 Å². The summed E-state index contributed by atoms with van der Waals surface area (Å²) in [6.45, 7) is 5.97. The largest absolute Gasteiger partial charge is 0.295 e. The molecular weight excluding hydrogens is 218 g/mol. The Labute approximate surface area is 109 Å². The molecule has 0 spiro atoms. The molecule has 0 aliphatic rings. The molecule has 90 valence electrons. The zero-order valence-electron chi connectivity index (χ0n) is 10.9. The summed E-state index contributed by atoms with van der Waals surface area (Å²) < 4.78 is 0. The summed E-state index contributed by atoms with van der Waals surface area (Å²) in [6.07, 6.45) is 11.1. The van der Waals surface area contributed by atoms with Crippen LogP contribution in [0.15, 0.2) is 64.7 Å². The van der Waals surface area contributed by atoms with Crippen molar-refractivity contribution in [1.29, 1.82) is 0 Å². The second kappa shape index (κ2) is 7.09. The lowest BCUT2D eigenvalue weighted by Gasteiger charge is -2.02. The molecule has 0 fully saturated rings. The highest BCUT2D eigenvalue weighted by Crippen LogP contribution is 2.14. The normalized spacial score (nSPS) is 12.5. The minimum Gasteiger partial charge on any atom is -0.295 e. The van der Waals surface area contributed by atoms with Crippen molar-refractivity contribution in [2.45, 2.75) is 6.92 Å². The molecule has 1 nitrogen and oxygen atoms in total. The molecule has 0 heterocycles. The molecule has 0 aliphatic heterocycles. The third kappa shape index (κ3) is 3.92. The van der Waals surface area contributed by atoms with E-state index in [0.717, 1.165) is 22.3 Å². The lowest BCUT2D eigenvalue weighted by molar-refractivity contribution is 1.41. The number of aliphatic imine (C=N–C) groups is 1. The molecule has 1 heteroatoms. The highest BCUT2D eigenvalue weighted by Gasteiger charge is 1.98. The molecule has 1 aromatic carbocycles. The molecule has 0 saturated carbocycles. The number of nitrogens with zero attached hydrogens (tertiary/aromatic N) is 1. The number of hydrogen-bond donors (Lipinski definition) is 0. The van der Waals surface area contributed by atoms with Crippen LogP contribution in [0.3, 0.4) is 0 Å². The second-order valence-electron chi connectivity index (χ2n) is 3.84. The molecule has 0 aliphatic carbocycles. The van der Waals surface area contributed by atoms with Crippen LogP contribution in [0.1, 0.15) is 12.5 Å². The Morgan fingerprint density at radius 3 is 2.56 bits per heavy atom. The molecule has 1 rings (SSSR count). The van der Waals surface area contributed by atoms with Crippen LogP contribution in [-0.2, 0) is 0 Å². The van der Waals surface area contributed by atoms with Crippen LogP contribution in [0, 0.1) is 12.3 Å². The van der Waals surface area contributed by atoms with Crippen LogP contribution >= 0.6 is 0 Å². The van der Waals surface area contributed by atoms with E-state index in [9.17, 15) is 0 Å². The molecule has 0 atom stereocenters. The molecule has 0 bridgehead atoms. The van der Waals surface area contributed by atoms with Crippen LogP contribution in [0.5, 0.6) is 0 Å². The molecule has 0 saturated heterocycles. The monoisotopic (exact) mass is 235 g/mol. The van der Waals surface area contributed by atoms with Crippen LogP contribution in [0.25, 0.3) is 6.08 Å². The van der Waals surface area contributed by atoms with Crippen molar-refractivity contribution in [3.63, 3.8) is 0 Å². The fourth-order valence-corrected chi connectivity index (χ4v) is 1.43. The highest BCUT2D eigenvalue weighted by atomic mass is 14.6. The van der Waals surface area contributed by atoms with Crippen molar-refractivity contribution in [3.8, 4) is 12.3 Å². The summed E-state index contributed by atoms with van der Waals surface area (Å²) in [7, 11) is 1.70. The number of rotatable bonds is 4. The van der Waals surface area contributed by atoms with Gasteiger partial charge in [-0.3, -0.25) is 4.99 Å². The Morgan fingerprint density at radius 1 is 1.33 bits per heavy atom. The van der Waals surface area contributed by atoms with Gasteiger partial charge in [0.25, 0.3) is 0 Å². The fraction of sp³-hybridized carbons (Fsp3) is 0.118. The van der Waals surface area contributed by atoms with Crippen LogP contribution < -0.4 is 0 Å². The van der Waals surface area contributed by atoms with Crippen molar-refractivity contribution in [2.75, 3.05) is 7.05 Å². The van der Waals surface area contributed by atoms with E-state index in [1.807, 2.05) is 49.4 Å². The first-order chi connectivity index (χ1) is 8.69. The van der Waals surface area contributed by atoms with Crippen molar-refractivity contribution in [2.24, 2.45) is 4.99 Å². The maximum atomic E-state index is 5.44. The second-order valence-corrected chi connectivity index (χ2v) is 3.84. The van der Waals surface area contributed by atoms with Gasteiger partial charge in [-0.1, -0.05) is 55.0 Å². The summed E-state index contributed by atoms with van der Waals surface area (Å²) in [4.78, 5) is 3.94. The summed E-state index contributed by atoms with van der Waals surface area (Å²) in [5.41, 5.74) is 3.76. The van der Waals surface area contributed by atoms with E-state index < -0.39 is 0 Å². The molecule has 0 amide bonds. The third-order valence-electron chi connectivity index (χ3n) is 2.58. The van der Waals surface area contributed by atoms with Gasteiger partial charge in [0.2, 0.25) is 0 Å². The molecular formula is C17H17N. The average Bonchev–Trinajstić information content (AvgIpc) is 2.42. The van der Waals surface area contributed by atoms with Crippen molar-refractivity contribution in [3.05, 3.63) is 65.3 Å². The smallest absolute Gasteiger partial charge is 0.0455 e. The van der Waals surface area contributed by atoms with Gasteiger partial charge in [-0.2, -0.15) is 0 Å². The maximum absolute atomic E-state index is 5.44. The minimum atomic E-state index is 0.764. The van der Waals surface area contributed by atoms with Crippen LogP contribution in [-0.4, -0.2) is 13.3 Å². The lowest BCUT2D eigenvalue weighted by Crippen LogP contribution is -1.89. The van der Waals surface area contributed by atoms with Gasteiger partial charge < -0.3 is 0 Å². The minimum absolute atomic E-state index is 0.764. The number of hydrogen-bond acceptors (Lipinski definition) is 1. The zero-order chi connectivity index (χ0) is 13.4. The van der Waals surface area contributed by atoms with E-state index in [4.69, 9.17) is 6.42 Å². The van der Waals surface area contributed by atoms with Crippen molar-refractivity contribution in [1.82, 2.24) is 0 Å². The summed E-state index contributed by atoms with van der Waals surface area (Å²) in [6, 6.07) is 10.1. The quantitative estimate of drug-likeness (QED) is 0.426. The van der Waals surface area contributed by atoms with E-state index in [-0.39, 0.29) is 0 Å². The van der Waals surface area contributed by atoms with E-state index in [1.54, 1.807) is 13.3 Å². The van der Waals surface area contributed by atoms with Gasteiger partial charge in [0, 0.05) is 18.8 Å². The van der Waals surface area contributed by atoms with Crippen LogP contribution in [0.4, 0.5) is 0 Å². The van der Waals surface area contributed by atoms with Gasteiger partial charge in [-0.15, -0.1) is 6.42 Å². The molecule has 18 heavy (non-hydrogen) atoms. The predicted molar refractivity (Wildman–Crippen MR) is 80.6 cm³/mol. The van der Waals surface area contributed by atoms with Gasteiger partial charge in [-0.05, 0) is 23.6 Å². The summed E-state index contributed by atoms with van der Waals surface area (Å²) >= 11 is 0. The predicted octanol–water partition coefficient (Wildman–Crippen LogP) is 3.91. The summed E-state index contributed by atoms with van der Waals surface area (Å²) in [5, 5.41) is 0. The van der Waals surface area contributed by atoms with E-state index in [2.05, 4.69) is 17.5 Å². The maximum Gasteiger partial charge on any atom is 0.0455 e. The van der Waals surface area contributed by atoms with Gasteiger partial charge in [0.15, 0.2) is 0 Å². The average molecular weight is 235 g/mol. The first-order valence-electron chi connectivity index (χ1n) is 5.71. The molecule has 1 aromatic rings. The van der Waals surface area contributed by atoms with E-state index >= 15 is 0 Å². The summed E-state index contributed by atoms with van der Waals surface area (Å²) in [5.74, 6) is 2.62.